The monoisotopic (exact) mass is 315 g/mol. The zero-order valence-electron chi connectivity index (χ0n) is 10.5. The van der Waals surface area contributed by atoms with Gasteiger partial charge in [-0.15, -0.1) is 0 Å². The molecule has 0 saturated heterocycles. The van der Waals surface area contributed by atoms with Gasteiger partial charge in [-0.2, -0.15) is 0 Å². The molecule has 0 fully saturated rings. The molecule has 1 heterocycles. The van der Waals surface area contributed by atoms with Gasteiger partial charge in [0.25, 0.3) is 5.56 Å². The fraction of sp³-hybridized carbons (Fsp3) is 0.538. The minimum absolute atomic E-state index is 0.0357. The van der Waals surface area contributed by atoms with E-state index in [1.54, 1.807) is 12.3 Å². The van der Waals surface area contributed by atoms with Crippen LogP contribution in [0.2, 0.25) is 0 Å². The molecule has 0 aliphatic carbocycles. The molecule has 100 valence electrons. The van der Waals surface area contributed by atoms with E-state index < -0.39 is 0 Å². The standard InChI is InChI=1S/C13H18BrNO3/c1-2-3-4-5-8-18-13(17)10-15-9-11(14)6-7-12(15)16/h6-7,9H,2-5,8,10H2,1H3. The van der Waals surface area contributed by atoms with Gasteiger partial charge in [0, 0.05) is 16.7 Å². The minimum atomic E-state index is -0.369. The number of aromatic nitrogens is 1. The van der Waals surface area contributed by atoms with Gasteiger partial charge in [-0.25, -0.2) is 0 Å². The third-order valence-electron chi connectivity index (χ3n) is 2.51. The highest BCUT2D eigenvalue weighted by Crippen LogP contribution is 2.05. The van der Waals surface area contributed by atoms with Crippen LogP contribution in [0, 0.1) is 0 Å². The van der Waals surface area contributed by atoms with Crippen molar-refractivity contribution < 1.29 is 9.53 Å². The molecule has 0 aliphatic rings. The third-order valence-corrected chi connectivity index (χ3v) is 2.98. The molecule has 1 aromatic rings. The lowest BCUT2D eigenvalue weighted by molar-refractivity contribution is -0.144. The van der Waals surface area contributed by atoms with Crippen LogP contribution in [0.5, 0.6) is 0 Å². The summed E-state index contributed by atoms with van der Waals surface area (Å²) in [5.41, 5.74) is -0.207. The quantitative estimate of drug-likeness (QED) is 0.574. The molecule has 0 saturated carbocycles. The number of carbonyl (C=O) groups excluding carboxylic acids is 1. The zero-order chi connectivity index (χ0) is 13.4. The predicted molar refractivity (Wildman–Crippen MR) is 73.5 cm³/mol. The van der Waals surface area contributed by atoms with Crippen molar-refractivity contribution in [2.45, 2.75) is 39.2 Å². The van der Waals surface area contributed by atoms with Crippen molar-refractivity contribution in [2.75, 3.05) is 6.61 Å². The number of hydrogen-bond donors (Lipinski definition) is 0. The maximum atomic E-state index is 11.5. The maximum Gasteiger partial charge on any atom is 0.326 e. The lowest BCUT2D eigenvalue weighted by atomic mass is 10.2. The van der Waals surface area contributed by atoms with Crippen molar-refractivity contribution in [1.29, 1.82) is 0 Å². The van der Waals surface area contributed by atoms with Crippen LogP contribution in [0.25, 0.3) is 0 Å². The van der Waals surface area contributed by atoms with Gasteiger partial charge in [0.05, 0.1) is 6.61 Å². The number of carbonyl (C=O) groups is 1. The van der Waals surface area contributed by atoms with Crippen molar-refractivity contribution in [2.24, 2.45) is 0 Å². The summed E-state index contributed by atoms with van der Waals surface area (Å²) >= 11 is 3.26. The Kier molecular flexibility index (Phi) is 6.72. The van der Waals surface area contributed by atoms with E-state index in [0.717, 1.165) is 30.2 Å². The first kappa shape index (κ1) is 15.0. The smallest absolute Gasteiger partial charge is 0.326 e. The SMILES string of the molecule is CCCCCCOC(=O)Cn1cc(Br)ccc1=O. The summed E-state index contributed by atoms with van der Waals surface area (Å²) in [6.45, 7) is 2.53. The number of ether oxygens (including phenoxy) is 1. The first-order valence-electron chi connectivity index (χ1n) is 6.15. The molecule has 1 rings (SSSR count). The number of rotatable bonds is 7. The van der Waals surface area contributed by atoms with Crippen LogP contribution in [0.1, 0.15) is 32.6 Å². The molecule has 0 N–H and O–H groups in total. The van der Waals surface area contributed by atoms with Crippen molar-refractivity contribution in [3.05, 3.63) is 33.2 Å². The molecule has 0 unspecified atom stereocenters. The van der Waals surface area contributed by atoms with E-state index in [0.29, 0.717) is 6.61 Å². The molecular formula is C13H18BrNO3. The fourth-order valence-corrected chi connectivity index (χ4v) is 1.90. The summed E-state index contributed by atoms with van der Waals surface area (Å²) < 4.78 is 7.17. The average molecular weight is 316 g/mol. The number of esters is 1. The molecule has 4 nitrogen and oxygen atoms in total. The van der Waals surface area contributed by atoms with Gasteiger partial charge in [0.2, 0.25) is 0 Å². The largest absolute Gasteiger partial charge is 0.464 e. The molecular weight excluding hydrogens is 298 g/mol. The first-order chi connectivity index (χ1) is 8.63. The Morgan fingerprint density at radius 1 is 1.33 bits per heavy atom. The van der Waals surface area contributed by atoms with Crippen molar-refractivity contribution >= 4 is 21.9 Å². The number of unbranched alkanes of at least 4 members (excludes halogenated alkanes) is 3. The van der Waals surface area contributed by atoms with Crippen LogP contribution in [0.3, 0.4) is 0 Å². The Hall–Kier alpha value is -1.10. The van der Waals surface area contributed by atoms with Crippen LogP contribution < -0.4 is 5.56 Å². The van der Waals surface area contributed by atoms with Gasteiger partial charge >= 0.3 is 5.97 Å². The van der Waals surface area contributed by atoms with Gasteiger partial charge < -0.3 is 9.30 Å². The second-order valence-electron chi connectivity index (χ2n) is 4.09. The van der Waals surface area contributed by atoms with Crippen LogP contribution in [-0.4, -0.2) is 17.1 Å². The molecule has 0 atom stereocenters. The van der Waals surface area contributed by atoms with E-state index in [-0.39, 0.29) is 18.1 Å². The highest BCUT2D eigenvalue weighted by molar-refractivity contribution is 9.10. The van der Waals surface area contributed by atoms with E-state index in [4.69, 9.17) is 4.74 Å². The van der Waals surface area contributed by atoms with Gasteiger partial charge in [-0.3, -0.25) is 9.59 Å². The van der Waals surface area contributed by atoms with Crippen molar-refractivity contribution in [3.63, 3.8) is 0 Å². The summed E-state index contributed by atoms with van der Waals surface area (Å²) in [5.74, 6) is -0.369. The van der Waals surface area contributed by atoms with Crippen LogP contribution in [-0.2, 0) is 16.1 Å². The lowest BCUT2D eigenvalue weighted by Gasteiger charge is -2.07. The van der Waals surface area contributed by atoms with Crippen LogP contribution in [0.15, 0.2) is 27.6 Å². The maximum absolute atomic E-state index is 11.5. The van der Waals surface area contributed by atoms with E-state index in [1.807, 2.05) is 0 Å². The second-order valence-corrected chi connectivity index (χ2v) is 5.01. The van der Waals surface area contributed by atoms with Crippen molar-refractivity contribution in [3.8, 4) is 0 Å². The highest BCUT2D eigenvalue weighted by Gasteiger charge is 2.05. The van der Waals surface area contributed by atoms with Gasteiger partial charge in [0.15, 0.2) is 0 Å². The lowest BCUT2D eigenvalue weighted by Crippen LogP contribution is -2.24. The Bertz CT molecular complexity index is 442. The minimum Gasteiger partial charge on any atom is -0.464 e. The molecule has 5 heteroatoms. The third kappa shape index (κ3) is 5.49. The second kappa shape index (κ2) is 8.08. The van der Waals surface area contributed by atoms with Gasteiger partial charge in [0.1, 0.15) is 6.54 Å². The summed E-state index contributed by atoms with van der Waals surface area (Å²) in [5, 5.41) is 0. The molecule has 1 aromatic heterocycles. The number of pyridine rings is 1. The average Bonchev–Trinajstić information content (AvgIpc) is 2.33. The molecule has 18 heavy (non-hydrogen) atoms. The van der Waals surface area contributed by atoms with Gasteiger partial charge in [-0.05, 0) is 28.4 Å². The number of halogens is 1. The fourth-order valence-electron chi connectivity index (χ4n) is 1.53. The van der Waals surface area contributed by atoms with Crippen LogP contribution >= 0.6 is 15.9 Å². The Labute approximate surface area is 115 Å². The topological polar surface area (TPSA) is 48.3 Å². The Balaban J connectivity index is 2.35. The molecule has 0 radical (unpaired) electrons. The molecule has 0 bridgehead atoms. The molecule has 0 aliphatic heterocycles. The first-order valence-corrected chi connectivity index (χ1v) is 6.94. The zero-order valence-corrected chi connectivity index (χ0v) is 12.1. The normalized spacial score (nSPS) is 10.3. The summed E-state index contributed by atoms with van der Waals surface area (Å²) in [6, 6.07) is 3.06. The molecule has 0 aromatic carbocycles. The summed E-state index contributed by atoms with van der Waals surface area (Å²) in [6.07, 6.45) is 5.85. The Morgan fingerprint density at radius 3 is 2.83 bits per heavy atom. The van der Waals surface area contributed by atoms with E-state index in [9.17, 15) is 9.59 Å². The van der Waals surface area contributed by atoms with E-state index in [2.05, 4.69) is 22.9 Å². The predicted octanol–water partition coefficient (Wildman–Crippen LogP) is 2.73. The van der Waals surface area contributed by atoms with E-state index in [1.165, 1.54) is 10.6 Å². The summed E-state index contributed by atoms with van der Waals surface area (Å²) in [7, 11) is 0. The highest BCUT2D eigenvalue weighted by atomic mass is 79.9. The molecule has 0 amide bonds. The number of nitrogens with zero attached hydrogens (tertiary/aromatic N) is 1. The van der Waals surface area contributed by atoms with E-state index >= 15 is 0 Å². The Morgan fingerprint density at radius 2 is 2.11 bits per heavy atom. The van der Waals surface area contributed by atoms with Crippen molar-refractivity contribution in [1.82, 2.24) is 4.57 Å². The number of hydrogen-bond acceptors (Lipinski definition) is 3. The van der Waals surface area contributed by atoms with Gasteiger partial charge in [-0.1, -0.05) is 26.2 Å². The van der Waals surface area contributed by atoms with Crippen LogP contribution in [0.4, 0.5) is 0 Å². The summed E-state index contributed by atoms with van der Waals surface area (Å²) in [4.78, 5) is 23.0. The molecule has 0 spiro atoms.